The van der Waals surface area contributed by atoms with Crippen LogP contribution in [-0.4, -0.2) is 24.2 Å². The van der Waals surface area contributed by atoms with Crippen molar-refractivity contribution in [3.63, 3.8) is 0 Å². The van der Waals surface area contributed by atoms with E-state index in [0.29, 0.717) is 13.0 Å². The quantitative estimate of drug-likeness (QED) is 0.809. The van der Waals surface area contributed by atoms with Crippen LogP contribution >= 0.6 is 0 Å². The minimum absolute atomic E-state index is 0.140. The summed E-state index contributed by atoms with van der Waals surface area (Å²) in [5.74, 6) is 0.0377. The molecular formula is C17H27NO3. The summed E-state index contributed by atoms with van der Waals surface area (Å²) in [5.41, 5.74) is 2.25. The second-order valence-corrected chi connectivity index (χ2v) is 6.62. The first-order valence-corrected chi connectivity index (χ1v) is 7.33. The van der Waals surface area contributed by atoms with E-state index >= 15 is 0 Å². The standard InChI is InChI=1S/C17H27NO3/c1-12-13(7-6-8-15(12)21-5)11-18-14(16(19)20)9-10-17(2,3)4/h6-8,14,18H,9-11H2,1-5H3,(H,19,20). The minimum Gasteiger partial charge on any atom is -0.496 e. The maximum Gasteiger partial charge on any atom is 0.320 e. The molecular weight excluding hydrogens is 266 g/mol. The third-order valence-corrected chi connectivity index (χ3v) is 3.64. The molecule has 1 aromatic carbocycles. The first-order valence-electron chi connectivity index (χ1n) is 7.33. The van der Waals surface area contributed by atoms with Gasteiger partial charge >= 0.3 is 5.97 Å². The van der Waals surface area contributed by atoms with E-state index in [9.17, 15) is 9.90 Å². The van der Waals surface area contributed by atoms with Crippen LogP contribution < -0.4 is 10.1 Å². The van der Waals surface area contributed by atoms with Gasteiger partial charge < -0.3 is 15.2 Å². The lowest BCUT2D eigenvalue weighted by Crippen LogP contribution is -2.37. The van der Waals surface area contributed by atoms with E-state index < -0.39 is 12.0 Å². The van der Waals surface area contributed by atoms with E-state index in [1.165, 1.54) is 0 Å². The monoisotopic (exact) mass is 293 g/mol. The molecule has 0 saturated carbocycles. The van der Waals surface area contributed by atoms with Crippen molar-refractivity contribution in [2.75, 3.05) is 7.11 Å². The molecule has 0 heterocycles. The average Bonchev–Trinajstić information content (AvgIpc) is 2.38. The first kappa shape index (κ1) is 17.5. The molecule has 0 radical (unpaired) electrons. The number of carbonyl (C=O) groups is 1. The zero-order valence-electron chi connectivity index (χ0n) is 13.7. The Balaban J connectivity index is 2.67. The summed E-state index contributed by atoms with van der Waals surface area (Å²) in [6.07, 6.45) is 1.50. The summed E-state index contributed by atoms with van der Waals surface area (Å²) >= 11 is 0. The van der Waals surface area contributed by atoms with Crippen molar-refractivity contribution >= 4 is 5.97 Å². The molecule has 0 amide bonds. The van der Waals surface area contributed by atoms with Crippen molar-refractivity contribution in [2.45, 2.75) is 53.1 Å². The van der Waals surface area contributed by atoms with Gasteiger partial charge in [0, 0.05) is 6.54 Å². The molecule has 1 atom stereocenters. The smallest absolute Gasteiger partial charge is 0.320 e. The number of benzene rings is 1. The van der Waals surface area contributed by atoms with Gasteiger partial charge in [0.1, 0.15) is 11.8 Å². The zero-order chi connectivity index (χ0) is 16.0. The molecule has 0 aromatic heterocycles. The molecule has 4 nitrogen and oxygen atoms in total. The Morgan fingerprint density at radius 1 is 1.38 bits per heavy atom. The normalized spacial score (nSPS) is 13.0. The van der Waals surface area contributed by atoms with E-state index in [1.807, 2.05) is 25.1 Å². The molecule has 0 bridgehead atoms. The highest BCUT2D eigenvalue weighted by atomic mass is 16.5. The number of methoxy groups -OCH3 is 1. The van der Waals surface area contributed by atoms with Gasteiger partial charge in [-0.25, -0.2) is 0 Å². The van der Waals surface area contributed by atoms with Crippen molar-refractivity contribution in [3.05, 3.63) is 29.3 Å². The Kier molecular flexibility index (Phi) is 6.21. The van der Waals surface area contributed by atoms with Crippen LogP contribution in [0.25, 0.3) is 0 Å². The van der Waals surface area contributed by atoms with E-state index in [-0.39, 0.29) is 5.41 Å². The van der Waals surface area contributed by atoms with E-state index in [0.717, 1.165) is 23.3 Å². The molecule has 0 aliphatic heterocycles. The fourth-order valence-electron chi connectivity index (χ4n) is 2.20. The average molecular weight is 293 g/mol. The Morgan fingerprint density at radius 2 is 2.05 bits per heavy atom. The number of aliphatic carboxylic acids is 1. The molecule has 4 heteroatoms. The molecule has 118 valence electrons. The van der Waals surface area contributed by atoms with Crippen LogP contribution in [0.3, 0.4) is 0 Å². The second-order valence-electron chi connectivity index (χ2n) is 6.62. The number of rotatable bonds is 7. The van der Waals surface area contributed by atoms with Gasteiger partial charge in [-0.05, 0) is 42.4 Å². The van der Waals surface area contributed by atoms with Gasteiger partial charge in [-0.2, -0.15) is 0 Å². The maximum atomic E-state index is 11.4. The molecule has 0 aliphatic carbocycles. The van der Waals surface area contributed by atoms with Gasteiger partial charge in [0.05, 0.1) is 7.11 Å². The molecule has 1 aromatic rings. The maximum absolute atomic E-state index is 11.4. The lowest BCUT2D eigenvalue weighted by atomic mass is 9.88. The molecule has 0 fully saturated rings. The van der Waals surface area contributed by atoms with Crippen LogP contribution in [0.15, 0.2) is 18.2 Å². The SMILES string of the molecule is COc1cccc(CNC(CCC(C)(C)C)C(=O)O)c1C. The van der Waals surface area contributed by atoms with E-state index in [2.05, 4.69) is 26.1 Å². The van der Waals surface area contributed by atoms with Crippen LogP contribution in [0.4, 0.5) is 0 Å². The highest BCUT2D eigenvalue weighted by molar-refractivity contribution is 5.73. The van der Waals surface area contributed by atoms with Gasteiger partial charge in [-0.1, -0.05) is 32.9 Å². The number of nitrogens with one attached hydrogen (secondary N) is 1. The van der Waals surface area contributed by atoms with Gasteiger partial charge in [-0.3, -0.25) is 4.79 Å². The molecule has 1 unspecified atom stereocenters. The zero-order valence-corrected chi connectivity index (χ0v) is 13.7. The van der Waals surface area contributed by atoms with Crippen molar-refractivity contribution in [1.82, 2.24) is 5.32 Å². The van der Waals surface area contributed by atoms with Gasteiger partial charge in [0.2, 0.25) is 0 Å². The van der Waals surface area contributed by atoms with Gasteiger partial charge in [0.25, 0.3) is 0 Å². The largest absolute Gasteiger partial charge is 0.496 e. The summed E-state index contributed by atoms with van der Waals surface area (Å²) in [7, 11) is 1.64. The first-order chi connectivity index (χ1) is 9.74. The topological polar surface area (TPSA) is 58.6 Å². The van der Waals surface area contributed by atoms with E-state index in [4.69, 9.17) is 4.74 Å². The van der Waals surface area contributed by atoms with Gasteiger partial charge in [0.15, 0.2) is 0 Å². The van der Waals surface area contributed by atoms with Crippen LogP contribution in [-0.2, 0) is 11.3 Å². The molecule has 0 saturated heterocycles. The van der Waals surface area contributed by atoms with Crippen LogP contribution in [0.5, 0.6) is 5.75 Å². The van der Waals surface area contributed by atoms with Crippen LogP contribution in [0, 0.1) is 12.3 Å². The Hall–Kier alpha value is -1.55. The number of carboxylic acid groups (broad SMARTS) is 1. The molecule has 21 heavy (non-hydrogen) atoms. The summed E-state index contributed by atoms with van der Waals surface area (Å²) in [6, 6.07) is 5.31. The molecule has 1 rings (SSSR count). The number of hydrogen-bond donors (Lipinski definition) is 2. The number of hydrogen-bond acceptors (Lipinski definition) is 3. The Morgan fingerprint density at radius 3 is 2.57 bits per heavy atom. The second kappa shape index (κ2) is 7.46. The molecule has 0 aliphatic rings. The third-order valence-electron chi connectivity index (χ3n) is 3.64. The molecule has 0 spiro atoms. The molecule has 2 N–H and O–H groups in total. The van der Waals surface area contributed by atoms with Crippen molar-refractivity contribution in [1.29, 1.82) is 0 Å². The fraction of sp³-hybridized carbons (Fsp3) is 0.588. The summed E-state index contributed by atoms with van der Waals surface area (Å²) < 4.78 is 5.29. The summed E-state index contributed by atoms with van der Waals surface area (Å²) in [6.45, 7) is 8.89. The van der Waals surface area contributed by atoms with Crippen LogP contribution in [0.2, 0.25) is 0 Å². The minimum atomic E-state index is -0.792. The van der Waals surface area contributed by atoms with Crippen LogP contribution in [0.1, 0.15) is 44.7 Å². The fourth-order valence-corrected chi connectivity index (χ4v) is 2.20. The number of carboxylic acids is 1. The van der Waals surface area contributed by atoms with Crippen molar-refractivity contribution < 1.29 is 14.6 Å². The van der Waals surface area contributed by atoms with E-state index in [1.54, 1.807) is 7.11 Å². The third kappa shape index (κ3) is 5.76. The summed E-state index contributed by atoms with van der Waals surface area (Å²) in [5, 5.41) is 12.5. The van der Waals surface area contributed by atoms with Gasteiger partial charge in [-0.15, -0.1) is 0 Å². The Bertz CT molecular complexity index is 477. The lowest BCUT2D eigenvalue weighted by molar-refractivity contribution is -0.139. The number of ether oxygens (including phenoxy) is 1. The highest BCUT2D eigenvalue weighted by Crippen LogP contribution is 2.23. The highest BCUT2D eigenvalue weighted by Gasteiger charge is 2.20. The van der Waals surface area contributed by atoms with Crippen molar-refractivity contribution in [3.8, 4) is 5.75 Å². The van der Waals surface area contributed by atoms with Crippen molar-refractivity contribution in [2.24, 2.45) is 5.41 Å². The predicted octanol–water partition coefficient (Wildman–Crippen LogP) is 3.37. The lowest BCUT2D eigenvalue weighted by Gasteiger charge is -2.22. The predicted molar refractivity (Wildman–Crippen MR) is 84.7 cm³/mol. The Labute approximate surface area is 127 Å². The summed E-state index contributed by atoms with van der Waals surface area (Å²) in [4.78, 5) is 11.4.